The molecule has 172 valence electrons. The van der Waals surface area contributed by atoms with Gasteiger partial charge in [-0.1, -0.05) is 47.5 Å². The molecule has 0 bridgehead atoms. The third-order valence-electron chi connectivity index (χ3n) is 4.85. The SMILES string of the molecule is O=C1NC(=S)N(c2cccc(Cl)c2Cl)C(=O)/C1=C/c1ccc(OCc2ccc(F)cc2)c(I)c1. The van der Waals surface area contributed by atoms with Crippen LogP contribution < -0.4 is 15.0 Å². The van der Waals surface area contributed by atoms with Gasteiger partial charge in [0.05, 0.1) is 19.3 Å². The maximum atomic E-state index is 13.2. The molecule has 0 saturated carbocycles. The van der Waals surface area contributed by atoms with Gasteiger partial charge in [0.15, 0.2) is 5.11 Å². The highest BCUT2D eigenvalue weighted by atomic mass is 127. The van der Waals surface area contributed by atoms with E-state index in [2.05, 4.69) is 27.9 Å². The first-order valence-electron chi connectivity index (χ1n) is 9.77. The minimum absolute atomic E-state index is 0.0876. The van der Waals surface area contributed by atoms with Gasteiger partial charge in [-0.25, -0.2) is 4.39 Å². The van der Waals surface area contributed by atoms with Crippen molar-refractivity contribution in [1.82, 2.24) is 5.32 Å². The molecule has 1 N–H and O–H groups in total. The van der Waals surface area contributed by atoms with E-state index in [9.17, 15) is 14.0 Å². The molecule has 1 fully saturated rings. The zero-order valence-electron chi connectivity index (χ0n) is 17.2. The van der Waals surface area contributed by atoms with Crippen LogP contribution in [-0.4, -0.2) is 16.9 Å². The van der Waals surface area contributed by atoms with Crippen LogP contribution in [0.3, 0.4) is 0 Å². The van der Waals surface area contributed by atoms with E-state index in [-0.39, 0.29) is 38.8 Å². The quantitative estimate of drug-likeness (QED) is 0.160. The van der Waals surface area contributed by atoms with Crippen molar-refractivity contribution in [3.63, 3.8) is 0 Å². The molecule has 0 spiro atoms. The van der Waals surface area contributed by atoms with Crippen LogP contribution >= 0.6 is 58.0 Å². The third-order valence-corrected chi connectivity index (χ3v) is 6.78. The number of ether oxygens (including phenoxy) is 1. The van der Waals surface area contributed by atoms with Crippen molar-refractivity contribution in [3.05, 3.63) is 96.8 Å². The number of thiocarbonyl (C=S) groups is 1. The van der Waals surface area contributed by atoms with Crippen LogP contribution in [0.4, 0.5) is 10.1 Å². The number of halogens is 4. The molecule has 0 atom stereocenters. The summed E-state index contributed by atoms with van der Waals surface area (Å²) in [6.45, 7) is 0.268. The van der Waals surface area contributed by atoms with Crippen molar-refractivity contribution in [2.45, 2.75) is 6.61 Å². The summed E-state index contributed by atoms with van der Waals surface area (Å²) in [5.41, 5.74) is 1.60. The molecule has 1 aliphatic heterocycles. The maximum absolute atomic E-state index is 13.2. The van der Waals surface area contributed by atoms with Gasteiger partial charge in [0.2, 0.25) is 0 Å². The summed E-state index contributed by atoms with van der Waals surface area (Å²) >= 11 is 19.7. The second-order valence-corrected chi connectivity index (χ2v) is 9.47. The molecule has 10 heteroatoms. The second kappa shape index (κ2) is 10.4. The Bertz CT molecular complexity index is 1350. The fourth-order valence-electron chi connectivity index (χ4n) is 3.17. The fourth-order valence-corrected chi connectivity index (χ4v) is 4.52. The summed E-state index contributed by atoms with van der Waals surface area (Å²) in [5, 5.41) is 2.83. The zero-order valence-corrected chi connectivity index (χ0v) is 21.6. The average Bonchev–Trinajstić information content (AvgIpc) is 2.80. The van der Waals surface area contributed by atoms with Gasteiger partial charge >= 0.3 is 0 Å². The van der Waals surface area contributed by atoms with Crippen LogP contribution in [0.5, 0.6) is 5.75 Å². The Kier molecular flexibility index (Phi) is 7.51. The van der Waals surface area contributed by atoms with Crippen LogP contribution in [0.15, 0.2) is 66.2 Å². The first-order valence-corrected chi connectivity index (χ1v) is 12.0. The number of amides is 2. The maximum Gasteiger partial charge on any atom is 0.270 e. The van der Waals surface area contributed by atoms with E-state index in [0.29, 0.717) is 11.3 Å². The van der Waals surface area contributed by atoms with Crippen molar-refractivity contribution in [1.29, 1.82) is 0 Å². The Morgan fingerprint density at radius 2 is 1.82 bits per heavy atom. The zero-order chi connectivity index (χ0) is 24.4. The summed E-state index contributed by atoms with van der Waals surface area (Å²) < 4.78 is 19.6. The van der Waals surface area contributed by atoms with Crippen LogP contribution in [-0.2, 0) is 16.2 Å². The normalized spacial score (nSPS) is 15.0. The van der Waals surface area contributed by atoms with Crippen molar-refractivity contribution in [2.75, 3.05) is 4.90 Å². The van der Waals surface area contributed by atoms with Crippen LogP contribution in [0.2, 0.25) is 10.0 Å². The van der Waals surface area contributed by atoms with Crippen LogP contribution in [0.25, 0.3) is 6.08 Å². The lowest BCUT2D eigenvalue weighted by atomic mass is 10.1. The lowest BCUT2D eigenvalue weighted by Crippen LogP contribution is -2.54. The molecule has 2 amide bonds. The number of benzene rings is 3. The number of carbonyl (C=O) groups excluding carboxylic acids is 2. The highest BCUT2D eigenvalue weighted by Gasteiger charge is 2.35. The smallest absolute Gasteiger partial charge is 0.270 e. The van der Waals surface area contributed by atoms with Gasteiger partial charge in [-0.05, 0) is 88.4 Å². The highest BCUT2D eigenvalue weighted by molar-refractivity contribution is 14.1. The minimum atomic E-state index is -0.621. The fraction of sp³-hybridized carbons (Fsp3) is 0.0417. The van der Waals surface area contributed by atoms with E-state index >= 15 is 0 Å². The molecule has 1 saturated heterocycles. The van der Waals surface area contributed by atoms with E-state index in [4.69, 9.17) is 40.2 Å². The van der Waals surface area contributed by atoms with Crippen molar-refractivity contribution < 1.29 is 18.7 Å². The topological polar surface area (TPSA) is 58.6 Å². The molecule has 3 aromatic carbocycles. The molecule has 0 aromatic heterocycles. The van der Waals surface area contributed by atoms with Gasteiger partial charge in [-0.15, -0.1) is 0 Å². The number of nitrogens with one attached hydrogen (secondary N) is 1. The molecule has 0 aliphatic carbocycles. The van der Waals surface area contributed by atoms with E-state index < -0.39 is 11.8 Å². The summed E-state index contributed by atoms with van der Waals surface area (Å²) in [5.74, 6) is -0.936. The number of carbonyl (C=O) groups is 2. The highest BCUT2D eigenvalue weighted by Crippen LogP contribution is 2.34. The molecule has 0 radical (unpaired) electrons. The molecular formula is C24H14Cl2FIN2O3S. The van der Waals surface area contributed by atoms with Gasteiger partial charge < -0.3 is 4.74 Å². The van der Waals surface area contributed by atoms with Crippen LogP contribution in [0, 0.1) is 9.39 Å². The van der Waals surface area contributed by atoms with E-state index in [1.165, 1.54) is 18.2 Å². The molecule has 1 aliphatic rings. The first kappa shape index (κ1) is 24.6. The van der Waals surface area contributed by atoms with E-state index in [0.717, 1.165) is 14.0 Å². The summed E-state index contributed by atoms with van der Waals surface area (Å²) in [6, 6.07) is 16.1. The van der Waals surface area contributed by atoms with Gasteiger partial charge in [-0.2, -0.15) is 0 Å². The summed E-state index contributed by atoms with van der Waals surface area (Å²) in [6.07, 6.45) is 1.47. The number of nitrogens with zero attached hydrogens (tertiary/aromatic N) is 1. The second-order valence-electron chi connectivity index (χ2n) is 7.14. The number of hydrogen-bond donors (Lipinski definition) is 1. The monoisotopic (exact) mass is 626 g/mol. The third kappa shape index (κ3) is 5.25. The molecule has 0 unspecified atom stereocenters. The Labute approximate surface area is 223 Å². The van der Waals surface area contributed by atoms with Crippen molar-refractivity contribution in [2.24, 2.45) is 0 Å². The average molecular weight is 627 g/mol. The van der Waals surface area contributed by atoms with Gasteiger partial charge in [0.25, 0.3) is 11.8 Å². The minimum Gasteiger partial charge on any atom is -0.488 e. The van der Waals surface area contributed by atoms with E-state index in [1.54, 1.807) is 48.5 Å². The lowest BCUT2D eigenvalue weighted by molar-refractivity contribution is -0.122. The first-order chi connectivity index (χ1) is 16.2. The van der Waals surface area contributed by atoms with Gasteiger partial charge in [-0.3, -0.25) is 19.8 Å². The molecule has 3 aromatic rings. The molecule has 5 nitrogen and oxygen atoms in total. The molecule has 4 rings (SSSR count). The number of anilines is 1. The Hall–Kier alpha value is -2.53. The number of hydrogen-bond acceptors (Lipinski definition) is 4. The van der Waals surface area contributed by atoms with Crippen molar-refractivity contribution >= 4 is 86.7 Å². The van der Waals surface area contributed by atoms with Crippen molar-refractivity contribution in [3.8, 4) is 5.75 Å². The predicted molar refractivity (Wildman–Crippen MR) is 143 cm³/mol. The predicted octanol–water partition coefficient (Wildman–Crippen LogP) is 6.15. The van der Waals surface area contributed by atoms with Gasteiger partial charge in [0, 0.05) is 0 Å². The summed E-state index contributed by atoms with van der Waals surface area (Å²) in [4.78, 5) is 26.9. The standard InChI is InChI=1S/C24H14Cl2FIN2O3S/c25-17-2-1-3-19(21(17)26)30-23(32)16(22(31)29-24(30)34)10-14-6-9-20(18(28)11-14)33-12-13-4-7-15(27)8-5-13/h1-11H,12H2,(H,29,31,34)/b16-10+. The molecular weight excluding hydrogens is 613 g/mol. The van der Waals surface area contributed by atoms with Crippen LogP contribution in [0.1, 0.15) is 11.1 Å². The Morgan fingerprint density at radius 1 is 1.09 bits per heavy atom. The Balaban J connectivity index is 1.58. The van der Waals surface area contributed by atoms with E-state index in [1.807, 2.05) is 0 Å². The molecule has 1 heterocycles. The lowest BCUT2D eigenvalue weighted by Gasteiger charge is -2.29. The number of rotatable bonds is 5. The molecule has 34 heavy (non-hydrogen) atoms. The Morgan fingerprint density at radius 3 is 2.53 bits per heavy atom. The van der Waals surface area contributed by atoms with Gasteiger partial charge in [0.1, 0.15) is 23.7 Å². The summed E-state index contributed by atoms with van der Waals surface area (Å²) in [7, 11) is 0. The largest absolute Gasteiger partial charge is 0.488 e.